The van der Waals surface area contributed by atoms with E-state index in [9.17, 15) is 9.59 Å². The molecule has 3 N–H and O–H groups in total. The molecule has 2 amide bonds. The SMILES string of the molecule is Cc1c(NC(=O)C2CCCNC2)cccc1C(=O)Nc1ccccc1.Cl. The van der Waals surface area contributed by atoms with Crippen LogP contribution in [0.2, 0.25) is 0 Å². The van der Waals surface area contributed by atoms with Crippen LogP contribution in [-0.4, -0.2) is 24.9 Å². The molecule has 26 heavy (non-hydrogen) atoms. The van der Waals surface area contributed by atoms with Crippen LogP contribution >= 0.6 is 12.4 Å². The van der Waals surface area contributed by atoms with Crippen molar-refractivity contribution in [2.45, 2.75) is 19.8 Å². The summed E-state index contributed by atoms with van der Waals surface area (Å²) >= 11 is 0. The summed E-state index contributed by atoms with van der Waals surface area (Å²) in [6, 6.07) is 14.7. The summed E-state index contributed by atoms with van der Waals surface area (Å²) in [6.45, 7) is 3.53. The minimum atomic E-state index is -0.181. The van der Waals surface area contributed by atoms with Crippen LogP contribution in [0.3, 0.4) is 0 Å². The predicted molar refractivity (Wildman–Crippen MR) is 107 cm³/mol. The van der Waals surface area contributed by atoms with Crippen LogP contribution in [0.5, 0.6) is 0 Å². The van der Waals surface area contributed by atoms with Crippen molar-refractivity contribution >= 4 is 35.6 Å². The molecular formula is C20H24ClN3O2. The Labute approximate surface area is 160 Å². The smallest absolute Gasteiger partial charge is 0.256 e. The summed E-state index contributed by atoms with van der Waals surface area (Å²) in [4.78, 5) is 25.0. The number of anilines is 2. The van der Waals surface area contributed by atoms with E-state index >= 15 is 0 Å². The first-order valence-electron chi connectivity index (χ1n) is 8.63. The van der Waals surface area contributed by atoms with Gasteiger partial charge in [0.15, 0.2) is 0 Å². The first kappa shape index (κ1) is 19.9. The molecule has 1 heterocycles. The van der Waals surface area contributed by atoms with Gasteiger partial charge in [0, 0.05) is 23.5 Å². The number of piperidine rings is 1. The number of rotatable bonds is 4. The van der Waals surface area contributed by atoms with E-state index in [0.29, 0.717) is 17.8 Å². The van der Waals surface area contributed by atoms with Crippen molar-refractivity contribution in [2.24, 2.45) is 5.92 Å². The van der Waals surface area contributed by atoms with Crippen LogP contribution in [0.4, 0.5) is 11.4 Å². The molecule has 1 aliphatic heterocycles. The van der Waals surface area contributed by atoms with Gasteiger partial charge in [0.2, 0.25) is 5.91 Å². The fourth-order valence-corrected chi connectivity index (χ4v) is 3.05. The van der Waals surface area contributed by atoms with Crippen molar-refractivity contribution in [1.82, 2.24) is 5.32 Å². The van der Waals surface area contributed by atoms with Crippen LogP contribution in [0.15, 0.2) is 48.5 Å². The van der Waals surface area contributed by atoms with E-state index in [0.717, 1.165) is 30.6 Å². The average molecular weight is 374 g/mol. The molecule has 1 fully saturated rings. The summed E-state index contributed by atoms with van der Waals surface area (Å²) in [6.07, 6.45) is 1.91. The predicted octanol–water partition coefficient (Wildman–Crippen LogP) is 3.61. The summed E-state index contributed by atoms with van der Waals surface area (Å²) in [5, 5.41) is 9.11. The molecule has 1 unspecified atom stereocenters. The summed E-state index contributed by atoms with van der Waals surface area (Å²) in [7, 11) is 0. The molecule has 6 heteroatoms. The van der Waals surface area contributed by atoms with Crippen molar-refractivity contribution in [2.75, 3.05) is 23.7 Å². The number of halogens is 1. The number of nitrogens with one attached hydrogen (secondary N) is 3. The van der Waals surface area contributed by atoms with Gasteiger partial charge in [0.05, 0.1) is 5.92 Å². The van der Waals surface area contributed by atoms with E-state index in [4.69, 9.17) is 0 Å². The maximum absolute atomic E-state index is 12.5. The summed E-state index contributed by atoms with van der Waals surface area (Å²) in [5.41, 5.74) is 2.77. The highest BCUT2D eigenvalue weighted by atomic mass is 35.5. The number of para-hydroxylation sites is 1. The first-order valence-corrected chi connectivity index (χ1v) is 8.63. The highest BCUT2D eigenvalue weighted by molar-refractivity contribution is 6.07. The molecule has 0 bridgehead atoms. The molecule has 0 spiro atoms. The standard InChI is InChI=1S/C20H23N3O2.ClH/c1-14-17(20(25)22-16-8-3-2-4-9-16)10-5-11-18(14)23-19(24)15-7-6-12-21-13-15;/h2-5,8-11,15,21H,6-7,12-13H2,1H3,(H,22,25)(H,23,24);1H. The second kappa shape index (κ2) is 9.36. The first-order chi connectivity index (χ1) is 12.1. The molecule has 138 valence electrons. The minimum Gasteiger partial charge on any atom is -0.326 e. The molecule has 1 saturated heterocycles. The topological polar surface area (TPSA) is 70.2 Å². The number of carbonyl (C=O) groups is 2. The van der Waals surface area contributed by atoms with Gasteiger partial charge in [0.25, 0.3) is 5.91 Å². The lowest BCUT2D eigenvalue weighted by Gasteiger charge is -2.22. The number of amides is 2. The molecule has 0 aromatic heterocycles. The Balaban J connectivity index is 0.00000243. The van der Waals surface area contributed by atoms with Crippen molar-refractivity contribution in [1.29, 1.82) is 0 Å². The van der Waals surface area contributed by atoms with Gasteiger partial charge in [-0.3, -0.25) is 9.59 Å². The lowest BCUT2D eigenvalue weighted by molar-refractivity contribution is -0.120. The van der Waals surface area contributed by atoms with Gasteiger partial charge in [-0.1, -0.05) is 24.3 Å². The van der Waals surface area contributed by atoms with Crippen LogP contribution in [0.1, 0.15) is 28.8 Å². The second-order valence-electron chi connectivity index (χ2n) is 6.33. The normalized spacial score (nSPS) is 16.3. The molecule has 5 nitrogen and oxygen atoms in total. The number of carbonyl (C=O) groups excluding carboxylic acids is 2. The fraction of sp³-hybridized carbons (Fsp3) is 0.300. The highest BCUT2D eigenvalue weighted by Gasteiger charge is 2.22. The molecule has 0 saturated carbocycles. The fourth-order valence-electron chi connectivity index (χ4n) is 3.05. The number of hydrogen-bond acceptors (Lipinski definition) is 3. The van der Waals surface area contributed by atoms with E-state index in [2.05, 4.69) is 16.0 Å². The Hall–Kier alpha value is -2.37. The summed E-state index contributed by atoms with van der Waals surface area (Å²) in [5.74, 6) is -0.190. The van der Waals surface area contributed by atoms with Gasteiger partial charge >= 0.3 is 0 Å². The van der Waals surface area contributed by atoms with Crippen molar-refractivity contribution in [3.63, 3.8) is 0 Å². The Morgan fingerprint density at radius 3 is 2.50 bits per heavy atom. The van der Waals surface area contributed by atoms with Gasteiger partial charge in [-0.25, -0.2) is 0 Å². The van der Waals surface area contributed by atoms with E-state index in [1.807, 2.05) is 43.3 Å². The highest BCUT2D eigenvalue weighted by Crippen LogP contribution is 2.22. The van der Waals surface area contributed by atoms with Crippen LogP contribution in [0, 0.1) is 12.8 Å². The lowest BCUT2D eigenvalue weighted by atomic mass is 9.98. The third kappa shape index (κ3) is 4.84. The quantitative estimate of drug-likeness (QED) is 0.766. The van der Waals surface area contributed by atoms with E-state index in [1.165, 1.54) is 0 Å². The number of hydrogen-bond donors (Lipinski definition) is 3. The molecule has 3 rings (SSSR count). The average Bonchev–Trinajstić information content (AvgIpc) is 2.65. The van der Waals surface area contributed by atoms with Gasteiger partial charge in [-0.15, -0.1) is 12.4 Å². The maximum atomic E-state index is 12.5. The Morgan fingerprint density at radius 2 is 1.81 bits per heavy atom. The maximum Gasteiger partial charge on any atom is 0.256 e. The molecule has 2 aromatic carbocycles. The van der Waals surface area contributed by atoms with E-state index in [-0.39, 0.29) is 30.1 Å². The van der Waals surface area contributed by atoms with Crippen LogP contribution in [0.25, 0.3) is 0 Å². The summed E-state index contributed by atoms with van der Waals surface area (Å²) < 4.78 is 0. The Morgan fingerprint density at radius 1 is 1.04 bits per heavy atom. The zero-order valence-electron chi connectivity index (χ0n) is 14.7. The molecule has 2 aromatic rings. The minimum absolute atomic E-state index is 0. The van der Waals surface area contributed by atoms with E-state index < -0.39 is 0 Å². The second-order valence-corrected chi connectivity index (χ2v) is 6.33. The monoisotopic (exact) mass is 373 g/mol. The zero-order valence-corrected chi connectivity index (χ0v) is 15.6. The number of benzene rings is 2. The zero-order chi connectivity index (χ0) is 17.6. The van der Waals surface area contributed by atoms with Gasteiger partial charge in [0.1, 0.15) is 0 Å². The van der Waals surface area contributed by atoms with Gasteiger partial charge < -0.3 is 16.0 Å². The van der Waals surface area contributed by atoms with Gasteiger partial charge in [-0.2, -0.15) is 0 Å². The molecule has 0 aliphatic carbocycles. The Bertz CT molecular complexity index is 759. The van der Waals surface area contributed by atoms with Crippen LogP contribution < -0.4 is 16.0 Å². The molecule has 1 atom stereocenters. The van der Waals surface area contributed by atoms with Crippen molar-refractivity contribution in [3.8, 4) is 0 Å². The van der Waals surface area contributed by atoms with Crippen molar-refractivity contribution in [3.05, 3.63) is 59.7 Å². The van der Waals surface area contributed by atoms with Gasteiger partial charge in [-0.05, 0) is 56.1 Å². The lowest BCUT2D eigenvalue weighted by Crippen LogP contribution is -2.37. The molecule has 0 radical (unpaired) electrons. The molecule has 1 aliphatic rings. The van der Waals surface area contributed by atoms with Crippen LogP contribution in [-0.2, 0) is 4.79 Å². The van der Waals surface area contributed by atoms with Crippen molar-refractivity contribution < 1.29 is 9.59 Å². The molecular weight excluding hydrogens is 350 g/mol. The third-order valence-corrected chi connectivity index (χ3v) is 4.54. The Kier molecular flexibility index (Phi) is 7.18. The third-order valence-electron chi connectivity index (χ3n) is 4.54. The van der Waals surface area contributed by atoms with E-state index in [1.54, 1.807) is 12.1 Å². The largest absolute Gasteiger partial charge is 0.326 e.